The number of carbonyl (C=O) groups excluding carboxylic acids is 3. The largest absolute Gasteiger partial charge is 0.510 e. The Morgan fingerprint density at radius 1 is 1.06 bits per heavy atom. The Morgan fingerprint density at radius 3 is 2.28 bits per heavy atom. The van der Waals surface area contributed by atoms with Gasteiger partial charge in [0.05, 0.1) is 17.5 Å². The van der Waals surface area contributed by atoms with E-state index in [4.69, 9.17) is 5.73 Å². The maximum absolute atomic E-state index is 13.6. The van der Waals surface area contributed by atoms with Crippen LogP contribution in [0.4, 0.5) is 5.69 Å². The number of fused-ring (bicyclic) bond motifs is 3. The summed E-state index contributed by atoms with van der Waals surface area (Å²) < 4.78 is 0. The number of anilines is 1. The number of rotatable bonds is 3. The van der Waals surface area contributed by atoms with Gasteiger partial charge >= 0.3 is 0 Å². The van der Waals surface area contributed by atoms with Crippen molar-refractivity contribution < 1.29 is 29.7 Å². The molecular weight excluding hydrogens is 414 g/mol. The maximum atomic E-state index is 13.6. The van der Waals surface area contributed by atoms with Crippen molar-refractivity contribution in [2.75, 3.05) is 33.1 Å². The summed E-state index contributed by atoms with van der Waals surface area (Å²) in [6.45, 7) is 0. The molecule has 5 N–H and O–H groups in total. The van der Waals surface area contributed by atoms with Crippen molar-refractivity contribution in [1.29, 1.82) is 0 Å². The Balaban J connectivity index is 1.91. The van der Waals surface area contributed by atoms with E-state index in [2.05, 4.69) is 0 Å². The molecule has 0 bridgehead atoms. The Bertz CT molecular complexity index is 1120. The number of likely N-dealkylation sites (N-methyl/N-ethyl adjacent to an activating group) is 1. The molecular formula is C23H27N3O6. The molecule has 0 aliphatic heterocycles. The predicted molar refractivity (Wildman–Crippen MR) is 117 cm³/mol. The number of ketones is 2. The molecule has 1 aromatic carbocycles. The SMILES string of the molecule is CN(C)c1ccc(O)c2c1CC1CC3C(C(=O)C(C(N)=O)=C(O)[C@H]3N(C)C)C(=O)C1=C2O. The van der Waals surface area contributed by atoms with E-state index >= 15 is 0 Å². The second-order valence-electron chi connectivity index (χ2n) is 9.15. The van der Waals surface area contributed by atoms with Gasteiger partial charge in [0.2, 0.25) is 0 Å². The highest BCUT2D eigenvalue weighted by Crippen LogP contribution is 2.51. The lowest BCUT2D eigenvalue weighted by molar-refractivity contribution is -0.136. The molecule has 3 unspecified atom stereocenters. The summed E-state index contributed by atoms with van der Waals surface area (Å²) in [5, 5.41) is 32.3. The molecule has 32 heavy (non-hydrogen) atoms. The normalized spacial score (nSPS) is 27.3. The molecule has 4 rings (SSSR count). The second kappa shape index (κ2) is 7.37. The summed E-state index contributed by atoms with van der Waals surface area (Å²) in [5.74, 6) is -5.64. The number of aliphatic hydroxyl groups excluding tert-OH is 2. The van der Waals surface area contributed by atoms with Crippen LogP contribution in [0.25, 0.3) is 5.76 Å². The first-order valence-electron chi connectivity index (χ1n) is 10.4. The van der Waals surface area contributed by atoms with Crippen LogP contribution in [0.2, 0.25) is 0 Å². The minimum absolute atomic E-state index is 0.0843. The van der Waals surface area contributed by atoms with Gasteiger partial charge in [0.15, 0.2) is 11.6 Å². The van der Waals surface area contributed by atoms with Crippen molar-refractivity contribution in [3.63, 3.8) is 0 Å². The number of carbonyl (C=O) groups is 3. The van der Waals surface area contributed by atoms with Crippen LogP contribution in [-0.4, -0.2) is 71.9 Å². The molecule has 0 saturated heterocycles. The number of amides is 1. The Kier molecular flexibility index (Phi) is 5.04. The summed E-state index contributed by atoms with van der Waals surface area (Å²) in [7, 11) is 7.08. The minimum atomic E-state index is -1.24. The van der Waals surface area contributed by atoms with Gasteiger partial charge in [-0.05, 0) is 56.5 Å². The van der Waals surface area contributed by atoms with Gasteiger partial charge in [-0.1, -0.05) is 0 Å². The highest BCUT2D eigenvalue weighted by atomic mass is 16.3. The van der Waals surface area contributed by atoms with Gasteiger partial charge in [0.1, 0.15) is 22.8 Å². The molecule has 0 spiro atoms. The molecule has 0 heterocycles. The van der Waals surface area contributed by atoms with E-state index in [-0.39, 0.29) is 22.6 Å². The van der Waals surface area contributed by atoms with E-state index < -0.39 is 52.6 Å². The van der Waals surface area contributed by atoms with Gasteiger partial charge in [0, 0.05) is 25.4 Å². The molecule has 4 atom stereocenters. The summed E-state index contributed by atoms with van der Waals surface area (Å²) in [5.41, 5.74) is 6.59. The van der Waals surface area contributed by atoms with Crippen LogP contribution in [-0.2, 0) is 20.8 Å². The van der Waals surface area contributed by atoms with Gasteiger partial charge in [-0.15, -0.1) is 0 Å². The minimum Gasteiger partial charge on any atom is -0.510 e. The van der Waals surface area contributed by atoms with Crippen molar-refractivity contribution >= 4 is 28.9 Å². The molecule has 170 valence electrons. The molecule has 0 aromatic heterocycles. The molecule has 1 fully saturated rings. The fourth-order valence-corrected chi connectivity index (χ4v) is 5.67. The number of hydrogen-bond donors (Lipinski definition) is 4. The molecule has 0 radical (unpaired) electrons. The number of benzene rings is 1. The summed E-state index contributed by atoms with van der Waals surface area (Å²) >= 11 is 0. The summed E-state index contributed by atoms with van der Waals surface area (Å²) in [6, 6.07) is 2.47. The second-order valence-corrected chi connectivity index (χ2v) is 9.15. The standard InChI is InChI=1S/C23H27N3O6/c1-25(2)12-5-6-13(27)15-10(12)7-9-8-11-16(20(29)14(9)19(15)28)21(30)17(23(24)32)22(31)18(11)26(3)4/h5-6,9,11,16,18,27-28,31H,7-8H2,1-4H3,(H2,24,32)/t9?,11?,16?,18-/m0/s1. The predicted octanol–water partition coefficient (Wildman–Crippen LogP) is 0.915. The number of Topliss-reactive ketones (excluding diaryl/α,β-unsaturated/α-hetero) is 2. The average molecular weight is 441 g/mol. The van der Waals surface area contributed by atoms with E-state index in [1.807, 2.05) is 19.0 Å². The number of phenolic OH excluding ortho intramolecular Hbond substituents is 1. The topological polar surface area (TPSA) is 144 Å². The number of nitrogens with two attached hydrogens (primary N) is 1. The third-order valence-corrected chi connectivity index (χ3v) is 6.90. The lowest BCUT2D eigenvalue weighted by Crippen LogP contribution is -2.55. The van der Waals surface area contributed by atoms with Crippen LogP contribution >= 0.6 is 0 Å². The smallest absolute Gasteiger partial charge is 0.255 e. The van der Waals surface area contributed by atoms with E-state index in [0.29, 0.717) is 18.4 Å². The molecule has 1 aromatic rings. The monoisotopic (exact) mass is 441 g/mol. The zero-order valence-electron chi connectivity index (χ0n) is 18.4. The third-order valence-electron chi connectivity index (χ3n) is 6.90. The number of aromatic hydroxyl groups is 1. The lowest BCUT2D eigenvalue weighted by atomic mass is 9.59. The van der Waals surface area contributed by atoms with E-state index in [0.717, 1.165) is 5.69 Å². The number of phenols is 1. The first-order valence-corrected chi connectivity index (χ1v) is 10.4. The van der Waals surface area contributed by atoms with E-state index in [1.54, 1.807) is 25.1 Å². The third kappa shape index (κ3) is 2.91. The first kappa shape index (κ1) is 21.9. The van der Waals surface area contributed by atoms with Gasteiger partial charge in [0.25, 0.3) is 5.91 Å². The molecule has 9 heteroatoms. The highest BCUT2D eigenvalue weighted by Gasteiger charge is 2.55. The maximum Gasteiger partial charge on any atom is 0.255 e. The van der Waals surface area contributed by atoms with Crippen LogP contribution in [0, 0.1) is 17.8 Å². The first-order chi connectivity index (χ1) is 15.0. The van der Waals surface area contributed by atoms with Crippen molar-refractivity contribution in [3.8, 4) is 5.75 Å². The number of aliphatic hydroxyl groups is 2. The van der Waals surface area contributed by atoms with Crippen molar-refractivity contribution in [1.82, 2.24) is 4.90 Å². The number of nitrogens with zero attached hydrogens (tertiary/aromatic N) is 2. The van der Waals surface area contributed by atoms with Crippen LogP contribution in [0.3, 0.4) is 0 Å². The molecule has 3 aliphatic carbocycles. The van der Waals surface area contributed by atoms with Gasteiger partial charge in [-0.3, -0.25) is 19.3 Å². The van der Waals surface area contributed by atoms with Gasteiger partial charge in [-0.2, -0.15) is 0 Å². The Morgan fingerprint density at radius 2 is 1.72 bits per heavy atom. The van der Waals surface area contributed by atoms with Crippen molar-refractivity contribution in [2.45, 2.75) is 18.9 Å². The average Bonchev–Trinajstić information content (AvgIpc) is 2.66. The van der Waals surface area contributed by atoms with Gasteiger partial charge < -0.3 is 26.0 Å². The molecule has 1 saturated carbocycles. The lowest BCUT2D eigenvalue weighted by Gasteiger charge is -2.46. The van der Waals surface area contributed by atoms with Gasteiger partial charge in [-0.25, -0.2) is 0 Å². The zero-order valence-corrected chi connectivity index (χ0v) is 18.4. The zero-order chi connectivity index (χ0) is 23.6. The van der Waals surface area contributed by atoms with Crippen LogP contribution < -0.4 is 10.6 Å². The van der Waals surface area contributed by atoms with Crippen molar-refractivity contribution in [2.24, 2.45) is 23.5 Å². The summed E-state index contributed by atoms with van der Waals surface area (Å²) in [4.78, 5) is 42.2. The van der Waals surface area contributed by atoms with Crippen LogP contribution in [0.1, 0.15) is 17.5 Å². The molecule has 1 amide bonds. The van der Waals surface area contributed by atoms with Crippen LogP contribution in [0.15, 0.2) is 29.0 Å². The Labute approximate surface area is 185 Å². The van der Waals surface area contributed by atoms with Crippen molar-refractivity contribution in [3.05, 3.63) is 40.2 Å². The van der Waals surface area contributed by atoms with E-state index in [9.17, 15) is 29.7 Å². The molecule has 9 nitrogen and oxygen atoms in total. The van der Waals surface area contributed by atoms with E-state index in [1.165, 1.54) is 6.07 Å². The summed E-state index contributed by atoms with van der Waals surface area (Å²) in [6.07, 6.45) is 0.718. The highest BCUT2D eigenvalue weighted by molar-refractivity contribution is 6.28. The number of allylic oxidation sites excluding steroid dienone is 1. The Hall–Kier alpha value is -3.33. The number of hydrogen-bond acceptors (Lipinski definition) is 8. The fraction of sp³-hybridized carbons (Fsp3) is 0.435. The number of primary amides is 1. The fourth-order valence-electron chi connectivity index (χ4n) is 5.67. The molecule has 3 aliphatic rings. The van der Waals surface area contributed by atoms with Crippen LogP contribution in [0.5, 0.6) is 5.75 Å². The quantitative estimate of drug-likeness (QED) is 0.400.